The van der Waals surface area contributed by atoms with Gasteiger partial charge in [0.25, 0.3) is 11.8 Å². The number of aromatic nitrogens is 1. The molecule has 7 nitrogen and oxygen atoms in total. The molecule has 1 aliphatic heterocycles. The van der Waals surface area contributed by atoms with E-state index in [0.717, 1.165) is 4.70 Å². The predicted octanol–water partition coefficient (Wildman–Crippen LogP) is 5.90. The topological polar surface area (TPSA) is 80.8 Å². The van der Waals surface area contributed by atoms with Gasteiger partial charge in [-0.25, -0.2) is 4.98 Å². The van der Waals surface area contributed by atoms with Crippen molar-refractivity contribution in [2.24, 2.45) is 0 Å². The van der Waals surface area contributed by atoms with Crippen LogP contribution in [0.2, 0.25) is 0 Å². The van der Waals surface area contributed by atoms with E-state index < -0.39 is 6.36 Å². The van der Waals surface area contributed by atoms with Crippen molar-refractivity contribution in [1.82, 2.24) is 9.88 Å². The Balaban J connectivity index is 1.33. The minimum atomic E-state index is -4.77. The number of hydrogen-bond donors (Lipinski definition) is 1. The van der Waals surface area contributed by atoms with Crippen LogP contribution in [0.3, 0.4) is 0 Å². The lowest BCUT2D eigenvalue weighted by Gasteiger charge is -2.26. The Bertz CT molecular complexity index is 1500. The molecule has 1 saturated heterocycles. The molecule has 0 saturated carbocycles. The molecule has 1 aliphatic rings. The number of hydrogen-bond acceptors (Lipinski definition) is 6. The SMILES string of the molecule is Cc1c(C(=O)Nc2nc3ccc(C(=O)N4CCOCC4)cc3s2)cccc1-c1ccc(OC(F)(F)F)cc1. The average Bonchev–Trinajstić information content (AvgIpc) is 3.30. The van der Waals surface area contributed by atoms with E-state index in [0.29, 0.717) is 64.8 Å². The van der Waals surface area contributed by atoms with Gasteiger partial charge < -0.3 is 14.4 Å². The third kappa shape index (κ3) is 5.63. The first-order chi connectivity index (χ1) is 18.2. The summed E-state index contributed by atoms with van der Waals surface area (Å²) in [5.74, 6) is -0.761. The zero-order chi connectivity index (χ0) is 26.9. The van der Waals surface area contributed by atoms with Crippen molar-refractivity contribution < 1.29 is 32.2 Å². The molecule has 5 rings (SSSR count). The number of benzene rings is 3. The maximum absolute atomic E-state index is 13.1. The normalized spacial score (nSPS) is 13.9. The molecule has 2 heterocycles. The van der Waals surface area contributed by atoms with Crippen LogP contribution in [0.15, 0.2) is 60.7 Å². The second kappa shape index (κ2) is 10.4. The van der Waals surface area contributed by atoms with E-state index >= 15 is 0 Å². The number of nitrogens with one attached hydrogen (secondary N) is 1. The monoisotopic (exact) mass is 541 g/mol. The molecule has 0 radical (unpaired) electrons. The van der Waals surface area contributed by atoms with Crippen LogP contribution in [0.4, 0.5) is 18.3 Å². The van der Waals surface area contributed by atoms with Crippen LogP contribution in [0.5, 0.6) is 5.75 Å². The number of fused-ring (bicyclic) bond motifs is 1. The van der Waals surface area contributed by atoms with Gasteiger partial charge in [0.05, 0.1) is 23.4 Å². The summed E-state index contributed by atoms with van der Waals surface area (Å²) in [5.41, 5.74) is 3.62. The molecule has 196 valence electrons. The standard InChI is InChI=1S/C27H22F3N3O4S/c1-16-20(17-5-8-19(9-6-17)37-27(28,29)30)3-2-4-21(16)24(34)32-26-31-22-10-7-18(15-23(22)38-26)25(35)33-11-13-36-14-12-33/h2-10,15H,11-14H2,1H3,(H,31,32,34). The van der Waals surface area contributed by atoms with E-state index in [2.05, 4.69) is 15.0 Å². The number of halogens is 3. The largest absolute Gasteiger partial charge is 0.573 e. The molecule has 38 heavy (non-hydrogen) atoms. The van der Waals surface area contributed by atoms with Crippen LogP contribution in [-0.2, 0) is 4.74 Å². The van der Waals surface area contributed by atoms with Crippen molar-refractivity contribution in [3.63, 3.8) is 0 Å². The zero-order valence-corrected chi connectivity index (χ0v) is 21.0. The van der Waals surface area contributed by atoms with Gasteiger partial charge >= 0.3 is 6.36 Å². The van der Waals surface area contributed by atoms with E-state index in [1.807, 2.05) is 0 Å². The van der Waals surface area contributed by atoms with Gasteiger partial charge in [0.15, 0.2) is 5.13 Å². The fraction of sp³-hybridized carbons (Fsp3) is 0.222. The lowest BCUT2D eigenvalue weighted by atomic mass is 9.96. The Labute approximate surface area is 219 Å². The Morgan fingerprint density at radius 3 is 2.50 bits per heavy atom. The van der Waals surface area contributed by atoms with Gasteiger partial charge in [-0.1, -0.05) is 35.6 Å². The fourth-order valence-electron chi connectivity index (χ4n) is 4.26. The summed E-state index contributed by atoms with van der Waals surface area (Å²) in [7, 11) is 0. The first kappa shape index (κ1) is 25.7. The molecule has 0 unspecified atom stereocenters. The molecule has 1 N–H and O–H groups in total. The third-order valence-corrected chi connectivity index (χ3v) is 7.07. The average molecular weight is 542 g/mol. The molecule has 3 aromatic carbocycles. The highest BCUT2D eigenvalue weighted by Gasteiger charge is 2.31. The Morgan fingerprint density at radius 2 is 1.79 bits per heavy atom. The van der Waals surface area contributed by atoms with Crippen molar-refractivity contribution in [2.75, 3.05) is 31.6 Å². The summed E-state index contributed by atoms with van der Waals surface area (Å²) in [6, 6.07) is 15.9. The van der Waals surface area contributed by atoms with Crippen LogP contribution >= 0.6 is 11.3 Å². The fourth-order valence-corrected chi connectivity index (χ4v) is 5.16. The summed E-state index contributed by atoms with van der Waals surface area (Å²) in [6.45, 7) is 3.90. The van der Waals surface area contributed by atoms with Gasteiger partial charge in [-0.05, 0) is 60.0 Å². The van der Waals surface area contributed by atoms with Crippen molar-refractivity contribution in [1.29, 1.82) is 0 Å². The van der Waals surface area contributed by atoms with Gasteiger partial charge in [-0.2, -0.15) is 0 Å². The highest BCUT2D eigenvalue weighted by Crippen LogP contribution is 2.31. The van der Waals surface area contributed by atoms with Crippen LogP contribution < -0.4 is 10.1 Å². The van der Waals surface area contributed by atoms with Crippen molar-refractivity contribution in [3.05, 3.63) is 77.4 Å². The van der Waals surface area contributed by atoms with E-state index in [1.54, 1.807) is 48.2 Å². The summed E-state index contributed by atoms with van der Waals surface area (Å²) < 4.78 is 47.4. The molecular weight excluding hydrogens is 519 g/mol. The molecule has 0 spiro atoms. The Hall–Kier alpha value is -3.96. The number of morpholine rings is 1. The highest BCUT2D eigenvalue weighted by molar-refractivity contribution is 7.22. The number of alkyl halides is 3. The van der Waals surface area contributed by atoms with E-state index in [1.165, 1.54) is 35.6 Å². The number of carbonyl (C=O) groups is 2. The van der Waals surface area contributed by atoms with Crippen molar-refractivity contribution in [2.45, 2.75) is 13.3 Å². The first-order valence-corrected chi connectivity index (χ1v) is 12.5. The zero-order valence-electron chi connectivity index (χ0n) is 20.2. The molecule has 1 aromatic heterocycles. The number of anilines is 1. The van der Waals surface area contributed by atoms with Crippen LogP contribution in [0.25, 0.3) is 21.3 Å². The molecule has 0 atom stereocenters. The first-order valence-electron chi connectivity index (χ1n) is 11.7. The second-order valence-electron chi connectivity index (χ2n) is 8.61. The smallest absolute Gasteiger partial charge is 0.406 e. The maximum atomic E-state index is 13.1. The number of nitrogens with zero attached hydrogens (tertiary/aromatic N) is 2. The van der Waals surface area contributed by atoms with Gasteiger partial charge in [0.1, 0.15) is 5.75 Å². The minimum Gasteiger partial charge on any atom is -0.406 e. The molecule has 2 amide bonds. The summed E-state index contributed by atoms with van der Waals surface area (Å²) in [5, 5.41) is 3.21. The summed E-state index contributed by atoms with van der Waals surface area (Å²) in [4.78, 5) is 32.2. The lowest BCUT2D eigenvalue weighted by Crippen LogP contribution is -2.40. The number of carbonyl (C=O) groups excluding carboxylic acids is 2. The Kier molecular flexibility index (Phi) is 7.04. The van der Waals surface area contributed by atoms with E-state index in [9.17, 15) is 22.8 Å². The predicted molar refractivity (Wildman–Crippen MR) is 138 cm³/mol. The highest BCUT2D eigenvalue weighted by atomic mass is 32.1. The molecule has 0 bridgehead atoms. The van der Waals surface area contributed by atoms with Crippen LogP contribution in [0.1, 0.15) is 26.3 Å². The van der Waals surface area contributed by atoms with Crippen LogP contribution in [-0.4, -0.2) is 54.4 Å². The molecule has 0 aliphatic carbocycles. The second-order valence-corrected chi connectivity index (χ2v) is 9.64. The number of ether oxygens (including phenoxy) is 2. The van der Waals surface area contributed by atoms with Gasteiger partial charge in [-0.15, -0.1) is 13.2 Å². The number of rotatable bonds is 5. The van der Waals surface area contributed by atoms with Crippen LogP contribution in [0, 0.1) is 6.92 Å². The van der Waals surface area contributed by atoms with Gasteiger partial charge in [0, 0.05) is 24.2 Å². The lowest BCUT2D eigenvalue weighted by molar-refractivity contribution is -0.274. The molecule has 11 heteroatoms. The van der Waals surface area contributed by atoms with Crippen molar-refractivity contribution >= 4 is 38.5 Å². The van der Waals surface area contributed by atoms with Gasteiger partial charge in [0.2, 0.25) is 0 Å². The Morgan fingerprint density at radius 1 is 1.05 bits per heavy atom. The van der Waals surface area contributed by atoms with Crippen molar-refractivity contribution in [3.8, 4) is 16.9 Å². The number of thiazole rings is 1. The quantitative estimate of drug-likeness (QED) is 0.341. The van der Waals surface area contributed by atoms with Gasteiger partial charge in [-0.3, -0.25) is 14.9 Å². The third-order valence-electron chi connectivity index (χ3n) is 6.13. The molecular formula is C27H22F3N3O4S. The number of amides is 2. The summed E-state index contributed by atoms with van der Waals surface area (Å²) >= 11 is 1.27. The maximum Gasteiger partial charge on any atom is 0.573 e. The molecule has 4 aromatic rings. The summed E-state index contributed by atoms with van der Waals surface area (Å²) in [6.07, 6.45) is -4.77. The van der Waals surface area contributed by atoms with E-state index in [-0.39, 0.29) is 17.6 Å². The minimum absolute atomic E-state index is 0.0698. The van der Waals surface area contributed by atoms with E-state index in [4.69, 9.17) is 4.74 Å². The molecule has 1 fully saturated rings.